The van der Waals surface area contributed by atoms with Gasteiger partial charge in [0.05, 0.1) is 18.4 Å². The maximum absolute atomic E-state index is 4.53. The van der Waals surface area contributed by atoms with Crippen LogP contribution in [-0.2, 0) is 20.1 Å². The van der Waals surface area contributed by atoms with Crippen LogP contribution in [0.15, 0.2) is 18.5 Å². The fraction of sp³-hybridized carbons (Fsp3) is 0.538. The first-order valence-electron chi connectivity index (χ1n) is 6.47. The van der Waals surface area contributed by atoms with Gasteiger partial charge in [-0.2, -0.15) is 10.2 Å². The molecule has 1 aliphatic rings. The number of hydrogen-bond donors (Lipinski definition) is 1. The Bertz CT molecular complexity index is 516. The number of hydrogen-bond acceptors (Lipinski definition) is 3. The second-order valence-corrected chi connectivity index (χ2v) is 5.12. The lowest BCUT2D eigenvalue weighted by molar-refractivity contribution is 0.564. The normalized spacial score (nSPS) is 15.0. The predicted molar refractivity (Wildman–Crippen MR) is 70.2 cm³/mol. The molecule has 0 aliphatic heterocycles. The van der Waals surface area contributed by atoms with Crippen molar-refractivity contribution in [3.8, 4) is 0 Å². The van der Waals surface area contributed by atoms with Crippen LogP contribution in [0.25, 0.3) is 0 Å². The highest BCUT2D eigenvalue weighted by Gasteiger charge is 2.21. The maximum Gasteiger partial charge on any atom is 0.148 e. The Kier molecular flexibility index (Phi) is 2.81. The van der Waals surface area contributed by atoms with Gasteiger partial charge in [-0.1, -0.05) is 0 Å². The first kappa shape index (κ1) is 11.3. The molecule has 0 aromatic carbocycles. The van der Waals surface area contributed by atoms with Gasteiger partial charge in [-0.25, -0.2) is 0 Å². The highest BCUT2D eigenvalue weighted by atomic mass is 15.3. The summed E-state index contributed by atoms with van der Waals surface area (Å²) in [5.74, 6) is 1.80. The summed E-state index contributed by atoms with van der Waals surface area (Å²) >= 11 is 0. The summed E-state index contributed by atoms with van der Waals surface area (Å²) in [6, 6.07) is 2.04. The Morgan fingerprint density at radius 3 is 2.94 bits per heavy atom. The van der Waals surface area contributed by atoms with E-state index in [-0.39, 0.29) is 0 Å². The summed E-state index contributed by atoms with van der Waals surface area (Å²) in [5.41, 5.74) is 2.41. The molecule has 0 bridgehead atoms. The van der Waals surface area contributed by atoms with Crippen molar-refractivity contribution in [2.24, 2.45) is 13.0 Å². The SMILES string of the molecule is Cc1cnn(C)c1CNc1ccn(CC2CC2)n1. The van der Waals surface area contributed by atoms with Crippen LogP contribution in [-0.4, -0.2) is 19.6 Å². The molecule has 5 heteroatoms. The number of aryl methyl sites for hydroxylation is 2. The van der Waals surface area contributed by atoms with Crippen molar-refractivity contribution in [1.82, 2.24) is 19.6 Å². The van der Waals surface area contributed by atoms with E-state index in [2.05, 4.69) is 28.6 Å². The lowest BCUT2D eigenvalue weighted by atomic mass is 10.3. The number of aromatic nitrogens is 4. The van der Waals surface area contributed by atoms with Gasteiger partial charge in [0.2, 0.25) is 0 Å². The molecule has 0 saturated heterocycles. The quantitative estimate of drug-likeness (QED) is 0.875. The molecule has 96 valence electrons. The van der Waals surface area contributed by atoms with E-state index in [9.17, 15) is 0 Å². The Balaban J connectivity index is 1.60. The first-order chi connectivity index (χ1) is 8.72. The highest BCUT2D eigenvalue weighted by Crippen LogP contribution is 2.30. The Morgan fingerprint density at radius 1 is 1.44 bits per heavy atom. The van der Waals surface area contributed by atoms with Gasteiger partial charge in [0.1, 0.15) is 5.82 Å². The molecule has 1 N–H and O–H groups in total. The third-order valence-electron chi connectivity index (χ3n) is 3.49. The summed E-state index contributed by atoms with van der Waals surface area (Å²) < 4.78 is 3.94. The van der Waals surface area contributed by atoms with Crippen molar-refractivity contribution in [3.63, 3.8) is 0 Å². The van der Waals surface area contributed by atoms with Crippen molar-refractivity contribution in [2.45, 2.75) is 32.9 Å². The zero-order chi connectivity index (χ0) is 12.5. The summed E-state index contributed by atoms with van der Waals surface area (Å²) in [7, 11) is 1.97. The second kappa shape index (κ2) is 4.48. The molecule has 18 heavy (non-hydrogen) atoms. The maximum atomic E-state index is 4.53. The first-order valence-corrected chi connectivity index (χ1v) is 6.47. The van der Waals surface area contributed by atoms with E-state index in [1.54, 1.807) is 0 Å². The smallest absolute Gasteiger partial charge is 0.148 e. The lowest BCUT2D eigenvalue weighted by Crippen LogP contribution is -2.08. The molecule has 1 aliphatic carbocycles. The van der Waals surface area contributed by atoms with E-state index in [1.807, 2.05) is 28.7 Å². The molecule has 2 aromatic rings. The number of nitrogens with one attached hydrogen (secondary N) is 1. The van der Waals surface area contributed by atoms with E-state index in [1.165, 1.54) is 24.1 Å². The predicted octanol–water partition coefficient (Wildman–Crippen LogP) is 1.95. The van der Waals surface area contributed by atoms with E-state index in [4.69, 9.17) is 0 Å². The molecule has 5 nitrogen and oxygen atoms in total. The molecule has 0 unspecified atom stereocenters. The van der Waals surface area contributed by atoms with Crippen LogP contribution in [0.2, 0.25) is 0 Å². The molecular formula is C13H19N5. The van der Waals surface area contributed by atoms with Crippen LogP contribution in [0.1, 0.15) is 24.1 Å². The van der Waals surface area contributed by atoms with Crippen molar-refractivity contribution < 1.29 is 0 Å². The molecule has 1 fully saturated rings. The molecule has 0 spiro atoms. The summed E-state index contributed by atoms with van der Waals surface area (Å²) in [6.45, 7) is 3.91. The van der Waals surface area contributed by atoms with Crippen molar-refractivity contribution in [2.75, 3.05) is 5.32 Å². The standard InChI is InChI=1S/C13H19N5/c1-10-7-15-17(2)12(10)8-14-13-5-6-18(16-13)9-11-3-4-11/h5-7,11H,3-4,8-9H2,1-2H3,(H,14,16). The minimum absolute atomic E-state index is 0.767. The third kappa shape index (κ3) is 2.39. The monoisotopic (exact) mass is 245 g/mol. The summed E-state index contributed by atoms with van der Waals surface area (Å²) in [4.78, 5) is 0. The molecule has 0 atom stereocenters. The average Bonchev–Trinajstić information content (AvgIpc) is 2.95. The van der Waals surface area contributed by atoms with E-state index in [0.717, 1.165) is 24.8 Å². The van der Waals surface area contributed by atoms with Gasteiger partial charge < -0.3 is 5.32 Å². The zero-order valence-electron chi connectivity index (χ0n) is 10.9. The van der Waals surface area contributed by atoms with Gasteiger partial charge in [0.15, 0.2) is 0 Å². The van der Waals surface area contributed by atoms with Crippen LogP contribution in [0.4, 0.5) is 5.82 Å². The van der Waals surface area contributed by atoms with Crippen molar-refractivity contribution in [3.05, 3.63) is 29.7 Å². The van der Waals surface area contributed by atoms with E-state index in [0.29, 0.717) is 0 Å². The molecule has 0 amide bonds. The van der Waals surface area contributed by atoms with Gasteiger partial charge in [-0.3, -0.25) is 9.36 Å². The molecule has 0 radical (unpaired) electrons. The largest absolute Gasteiger partial charge is 0.363 e. The molecular weight excluding hydrogens is 226 g/mol. The summed E-state index contributed by atoms with van der Waals surface area (Å²) in [6.07, 6.45) is 6.66. The van der Waals surface area contributed by atoms with Gasteiger partial charge in [-0.15, -0.1) is 0 Å². The molecule has 2 aromatic heterocycles. The zero-order valence-corrected chi connectivity index (χ0v) is 10.9. The van der Waals surface area contributed by atoms with Crippen molar-refractivity contribution >= 4 is 5.82 Å². The minimum atomic E-state index is 0.767. The average molecular weight is 245 g/mol. The fourth-order valence-electron chi connectivity index (χ4n) is 2.12. The van der Waals surface area contributed by atoms with E-state index >= 15 is 0 Å². The molecule has 2 heterocycles. The molecule has 1 saturated carbocycles. The number of anilines is 1. The van der Waals surface area contributed by atoms with E-state index < -0.39 is 0 Å². The van der Waals surface area contributed by atoms with Gasteiger partial charge in [0.25, 0.3) is 0 Å². The van der Waals surface area contributed by atoms with Crippen LogP contribution in [0, 0.1) is 12.8 Å². The second-order valence-electron chi connectivity index (χ2n) is 5.12. The van der Waals surface area contributed by atoms with Crippen LogP contribution >= 0.6 is 0 Å². The van der Waals surface area contributed by atoms with Gasteiger partial charge in [0, 0.05) is 25.9 Å². The molecule has 3 rings (SSSR count). The summed E-state index contributed by atoms with van der Waals surface area (Å²) in [5, 5.41) is 12.1. The van der Waals surface area contributed by atoms with Crippen LogP contribution < -0.4 is 5.32 Å². The van der Waals surface area contributed by atoms with Gasteiger partial charge in [-0.05, 0) is 31.2 Å². The van der Waals surface area contributed by atoms with Crippen molar-refractivity contribution in [1.29, 1.82) is 0 Å². The topological polar surface area (TPSA) is 47.7 Å². The Morgan fingerprint density at radius 2 is 2.28 bits per heavy atom. The van der Waals surface area contributed by atoms with Crippen LogP contribution in [0.3, 0.4) is 0 Å². The number of rotatable bonds is 5. The highest BCUT2D eigenvalue weighted by molar-refractivity contribution is 5.33. The Labute approximate surface area is 107 Å². The third-order valence-corrected chi connectivity index (χ3v) is 3.49. The lowest BCUT2D eigenvalue weighted by Gasteiger charge is -2.05. The Hall–Kier alpha value is -1.78. The fourth-order valence-corrected chi connectivity index (χ4v) is 2.12. The van der Waals surface area contributed by atoms with Crippen LogP contribution in [0.5, 0.6) is 0 Å². The number of nitrogens with zero attached hydrogens (tertiary/aromatic N) is 4. The minimum Gasteiger partial charge on any atom is -0.363 e. The van der Waals surface area contributed by atoms with Gasteiger partial charge >= 0.3 is 0 Å².